The molecular formula is C18H23N5O2S. The van der Waals surface area contributed by atoms with Gasteiger partial charge < -0.3 is 13.7 Å². The highest BCUT2D eigenvalue weighted by Crippen LogP contribution is 2.35. The summed E-state index contributed by atoms with van der Waals surface area (Å²) < 4.78 is 12.9. The summed E-state index contributed by atoms with van der Waals surface area (Å²) in [4.78, 5) is 0. The lowest BCUT2D eigenvalue weighted by Gasteiger charge is -2.11. The first-order valence-corrected chi connectivity index (χ1v) is 9.54. The first-order valence-electron chi connectivity index (χ1n) is 8.66. The van der Waals surface area contributed by atoms with Crippen LogP contribution in [-0.2, 0) is 6.54 Å². The van der Waals surface area contributed by atoms with Crippen LogP contribution in [0.1, 0.15) is 43.7 Å². The van der Waals surface area contributed by atoms with Crippen LogP contribution in [0, 0.1) is 6.92 Å². The standard InChI is InChI=1S/C18H23N5O2S/c1-5-6-11-23-16(14-7-9-15(24-4)10-8-14)20-22-18(23)26-12(2)17-21-19-13(3)25-17/h7-10,12H,5-6,11H2,1-4H3. The van der Waals surface area contributed by atoms with E-state index in [1.165, 1.54) is 0 Å². The summed E-state index contributed by atoms with van der Waals surface area (Å²) in [5, 5.41) is 17.7. The van der Waals surface area contributed by atoms with Crippen LogP contribution in [0.15, 0.2) is 33.8 Å². The molecule has 0 radical (unpaired) electrons. The summed E-state index contributed by atoms with van der Waals surface area (Å²) in [5.74, 6) is 2.85. The maximum Gasteiger partial charge on any atom is 0.229 e. The van der Waals surface area contributed by atoms with Crippen molar-refractivity contribution in [3.8, 4) is 17.1 Å². The number of rotatable bonds is 8. The molecule has 0 fully saturated rings. The number of aryl methyl sites for hydroxylation is 1. The predicted molar refractivity (Wildman–Crippen MR) is 100 cm³/mol. The van der Waals surface area contributed by atoms with Gasteiger partial charge in [-0.2, -0.15) is 0 Å². The zero-order valence-corrected chi connectivity index (χ0v) is 16.3. The third-order valence-corrected chi connectivity index (χ3v) is 5.04. The van der Waals surface area contributed by atoms with Crippen molar-refractivity contribution >= 4 is 11.8 Å². The molecule has 0 aliphatic rings. The number of aromatic nitrogens is 5. The van der Waals surface area contributed by atoms with Crippen molar-refractivity contribution in [3.05, 3.63) is 36.0 Å². The second-order valence-corrected chi connectivity index (χ2v) is 7.27. The molecule has 0 aliphatic carbocycles. The molecule has 0 aliphatic heterocycles. The highest BCUT2D eigenvalue weighted by atomic mass is 32.2. The van der Waals surface area contributed by atoms with E-state index in [0.29, 0.717) is 11.8 Å². The van der Waals surface area contributed by atoms with Gasteiger partial charge in [-0.25, -0.2) is 0 Å². The molecule has 0 bridgehead atoms. The van der Waals surface area contributed by atoms with Gasteiger partial charge in [-0.05, 0) is 37.6 Å². The van der Waals surface area contributed by atoms with E-state index in [4.69, 9.17) is 9.15 Å². The van der Waals surface area contributed by atoms with E-state index in [-0.39, 0.29) is 5.25 Å². The molecule has 0 N–H and O–H groups in total. The van der Waals surface area contributed by atoms with Crippen LogP contribution in [0.3, 0.4) is 0 Å². The molecule has 0 saturated heterocycles. The Morgan fingerprint density at radius 3 is 2.54 bits per heavy atom. The van der Waals surface area contributed by atoms with Crippen LogP contribution in [0.5, 0.6) is 5.75 Å². The van der Waals surface area contributed by atoms with Crippen LogP contribution in [0.25, 0.3) is 11.4 Å². The lowest BCUT2D eigenvalue weighted by molar-refractivity contribution is 0.415. The van der Waals surface area contributed by atoms with Gasteiger partial charge >= 0.3 is 0 Å². The number of unbranched alkanes of at least 4 members (excludes halogenated alkanes) is 1. The smallest absolute Gasteiger partial charge is 0.229 e. The maximum absolute atomic E-state index is 5.54. The third-order valence-electron chi connectivity index (χ3n) is 3.97. The van der Waals surface area contributed by atoms with Crippen molar-refractivity contribution in [1.82, 2.24) is 25.0 Å². The summed E-state index contributed by atoms with van der Waals surface area (Å²) in [5.41, 5.74) is 1.02. The molecule has 8 heteroatoms. The molecule has 3 aromatic rings. The fourth-order valence-electron chi connectivity index (χ4n) is 2.53. The molecule has 26 heavy (non-hydrogen) atoms. The quantitative estimate of drug-likeness (QED) is 0.545. The highest BCUT2D eigenvalue weighted by Gasteiger charge is 2.20. The van der Waals surface area contributed by atoms with E-state index in [0.717, 1.165) is 41.7 Å². The van der Waals surface area contributed by atoms with Crippen molar-refractivity contribution < 1.29 is 9.15 Å². The molecule has 0 saturated carbocycles. The van der Waals surface area contributed by atoms with Crippen molar-refractivity contribution in [2.75, 3.05) is 7.11 Å². The Morgan fingerprint density at radius 1 is 1.15 bits per heavy atom. The SMILES string of the molecule is CCCCn1c(SC(C)c2nnc(C)o2)nnc1-c1ccc(OC)cc1. The zero-order valence-electron chi connectivity index (χ0n) is 15.5. The summed E-state index contributed by atoms with van der Waals surface area (Å²) in [6, 6.07) is 7.88. The lowest BCUT2D eigenvalue weighted by Crippen LogP contribution is -2.03. The van der Waals surface area contributed by atoms with Gasteiger partial charge in [0.15, 0.2) is 11.0 Å². The number of thioether (sulfide) groups is 1. The van der Waals surface area contributed by atoms with E-state index in [1.807, 2.05) is 31.2 Å². The molecule has 1 unspecified atom stereocenters. The van der Waals surface area contributed by atoms with E-state index in [2.05, 4.69) is 31.9 Å². The molecule has 7 nitrogen and oxygen atoms in total. The summed E-state index contributed by atoms with van der Waals surface area (Å²) in [7, 11) is 1.66. The van der Waals surface area contributed by atoms with Gasteiger partial charge in [0.1, 0.15) is 5.75 Å². The van der Waals surface area contributed by atoms with Gasteiger partial charge in [-0.1, -0.05) is 25.1 Å². The number of hydrogen-bond acceptors (Lipinski definition) is 7. The second kappa shape index (κ2) is 8.35. The van der Waals surface area contributed by atoms with E-state index in [9.17, 15) is 0 Å². The largest absolute Gasteiger partial charge is 0.497 e. The van der Waals surface area contributed by atoms with Gasteiger partial charge in [0.25, 0.3) is 0 Å². The van der Waals surface area contributed by atoms with Crippen LogP contribution in [0.2, 0.25) is 0 Å². The van der Waals surface area contributed by atoms with Gasteiger partial charge in [-0.15, -0.1) is 20.4 Å². The minimum atomic E-state index is 0.00416. The monoisotopic (exact) mass is 373 g/mol. The fraction of sp³-hybridized carbons (Fsp3) is 0.444. The summed E-state index contributed by atoms with van der Waals surface area (Å²) in [6.07, 6.45) is 2.16. The van der Waals surface area contributed by atoms with Crippen molar-refractivity contribution in [1.29, 1.82) is 0 Å². The fourth-order valence-corrected chi connectivity index (χ4v) is 3.44. The first-order chi connectivity index (χ1) is 12.6. The molecule has 0 spiro atoms. The Balaban J connectivity index is 1.88. The van der Waals surface area contributed by atoms with Gasteiger partial charge in [0.2, 0.25) is 11.8 Å². The molecule has 2 aromatic heterocycles. The summed E-state index contributed by atoms with van der Waals surface area (Å²) in [6.45, 7) is 6.86. The van der Waals surface area contributed by atoms with Gasteiger partial charge in [-0.3, -0.25) is 0 Å². The van der Waals surface area contributed by atoms with Crippen LogP contribution < -0.4 is 4.74 Å². The molecular weight excluding hydrogens is 350 g/mol. The van der Waals surface area contributed by atoms with Crippen LogP contribution in [-0.4, -0.2) is 32.1 Å². The Hall–Kier alpha value is -2.35. The maximum atomic E-state index is 5.54. The highest BCUT2D eigenvalue weighted by molar-refractivity contribution is 7.99. The van der Waals surface area contributed by atoms with Crippen molar-refractivity contribution in [3.63, 3.8) is 0 Å². The van der Waals surface area contributed by atoms with E-state index in [1.54, 1.807) is 25.8 Å². The average molecular weight is 373 g/mol. The minimum Gasteiger partial charge on any atom is -0.497 e. The Kier molecular flexibility index (Phi) is 5.92. The van der Waals surface area contributed by atoms with Crippen LogP contribution in [0.4, 0.5) is 0 Å². The molecule has 1 atom stereocenters. The van der Waals surface area contributed by atoms with Crippen molar-refractivity contribution in [2.24, 2.45) is 0 Å². The van der Waals surface area contributed by atoms with E-state index < -0.39 is 0 Å². The number of benzene rings is 1. The Bertz CT molecular complexity index is 844. The second-order valence-electron chi connectivity index (χ2n) is 5.96. The number of methoxy groups -OCH3 is 1. The topological polar surface area (TPSA) is 78.9 Å². The predicted octanol–water partition coefficient (Wildman–Crippen LogP) is 4.30. The molecule has 3 rings (SSSR count). The average Bonchev–Trinajstić information content (AvgIpc) is 3.26. The minimum absolute atomic E-state index is 0.00416. The van der Waals surface area contributed by atoms with Gasteiger partial charge in [0.05, 0.1) is 12.4 Å². The third kappa shape index (κ3) is 4.07. The molecule has 138 valence electrons. The molecule has 2 heterocycles. The zero-order chi connectivity index (χ0) is 18.5. The Labute approximate surface area is 157 Å². The number of hydrogen-bond donors (Lipinski definition) is 0. The number of nitrogens with zero attached hydrogens (tertiary/aromatic N) is 5. The van der Waals surface area contributed by atoms with E-state index >= 15 is 0 Å². The van der Waals surface area contributed by atoms with Crippen LogP contribution >= 0.6 is 11.8 Å². The van der Waals surface area contributed by atoms with Gasteiger partial charge in [0, 0.05) is 19.0 Å². The lowest BCUT2D eigenvalue weighted by atomic mass is 10.2. The molecule has 0 amide bonds. The number of ether oxygens (including phenoxy) is 1. The normalized spacial score (nSPS) is 12.3. The first kappa shape index (κ1) is 18.4. The molecule has 1 aromatic carbocycles. The Morgan fingerprint density at radius 2 is 1.92 bits per heavy atom. The van der Waals surface area contributed by atoms with Crippen molar-refractivity contribution in [2.45, 2.75) is 50.6 Å². The summed E-state index contributed by atoms with van der Waals surface area (Å²) >= 11 is 1.58.